The molecule has 16 heavy (non-hydrogen) atoms. The van der Waals surface area contributed by atoms with Crippen molar-refractivity contribution in [1.82, 2.24) is 0 Å². The molecule has 0 saturated heterocycles. The summed E-state index contributed by atoms with van der Waals surface area (Å²) >= 11 is 2.37. The third-order valence-electron chi connectivity index (χ3n) is 3.58. The number of hydrogen-bond donors (Lipinski definition) is 1. The Bertz CT molecular complexity index is 331. The number of benzene rings is 1. The van der Waals surface area contributed by atoms with Crippen molar-refractivity contribution < 1.29 is 0 Å². The predicted molar refractivity (Wildman–Crippen MR) is 78.8 cm³/mol. The molecule has 0 radical (unpaired) electrons. The van der Waals surface area contributed by atoms with Crippen LogP contribution in [0.15, 0.2) is 24.3 Å². The maximum absolute atomic E-state index is 3.65. The van der Waals surface area contributed by atoms with Gasteiger partial charge in [-0.1, -0.05) is 25.3 Å². The van der Waals surface area contributed by atoms with Crippen LogP contribution in [0.5, 0.6) is 0 Å². The fourth-order valence-electron chi connectivity index (χ4n) is 2.59. The van der Waals surface area contributed by atoms with Crippen LogP contribution >= 0.6 is 22.6 Å². The van der Waals surface area contributed by atoms with Gasteiger partial charge < -0.3 is 5.32 Å². The van der Waals surface area contributed by atoms with Crippen LogP contribution in [0.4, 0.5) is 5.69 Å². The molecule has 1 aliphatic rings. The van der Waals surface area contributed by atoms with Gasteiger partial charge in [-0.2, -0.15) is 0 Å². The average molecular weight is 329 g/mol. The molecule has 1 nitrogen and oxygen atoms in total. The molecule has 0 aliphatic heterocycles. The minimum atomic E-state index is 0.610. The SMILES string of the molecule is CC(Nc1cccc(I)c1)C1CCCCC1. The van der Waals surface area contributed by atoms with Gasteiger partial charge >= 0.3 is 0 Å². The second-order valence-electron chi connectivity index (χ2n) is 4.84. The summed E-state index contributed by atoms with van der Waals surface area (Å²) in [6.45, 7) is 2.33. The first kappa shape index (κ1) is 12.2. The summed E-state index contributed by atoms with van der Waals surface area (Å²) in [5.74, 6) is 0.867. The molecule has 1 aromatic carbocycles. The Labute approximate surface area is 112 Å². The molecule has 0 spiro atoms. The fourth-order valence-corrected chi connectivity index (χ4v) is 3.14. The first-order valence-corrected chi connectivity index (χ1v) is 7.35. The quantitative estimate of drug-likeness (QED) is 0.795. The number of anilines is 1. The molecule has 1 N–H and O–H groups in total. The van der Waals surface area contributed by atoms with Crippen LogP contribution in [0, 0.1) is 9.49 Å². The van der Waals surface area contributed by atoms with E-state index in [-0.39, 0.29) is 0 Å². The van der Waals surface area contributed by atoms with Crippen molar-refractivity contribution in [2.75, 3.05) is 5.32 Å². The third-order valence-corrected chi connectivity index (χ3v) is 4.25. The molecule has 0 amide bonds. The molecule has 2 rings (SSSR count). The second-order valence-corrected chi connectivity index (χ2v) is 6.09. The van der Waals surface area contributed by atoms with Crippen LogP contribution < -0.4 is 5.32 Å². The van der Waals surface area contributed by atoms with Crippen molar-refractivity contribution in [1.29, 1.82) is 0 Å². The molecule has 2 heteroatoms. The van der Waals surface area contributed by atoms with Gasteiger partial charge in [0, 0.05) is 15.3 Å². The van der Waals surface area contributed by atoms with Crippen LogP contribution in [0.25, 0.3) is 0 Å². The Kier molecular flexibility index (Phi) is 4.50. The summed E-state index contributed by atoms with van der Waals surface area (Å²) in [4.78, 5) is 0. The number of hydrogen-bond acceptors (Lipinski definition) is 1. The highest BCUT2D eigenvalue weighted by atomic mass is 127. The smallest absolute Gasteiger partial charge is 0.0352 e. The summed E-state index contributed by atoms with van der Waals surface area (Å²) < 4.78 is 1.30. The summed E-state index contributed by atoms with van der Waals surface area (Å²) in [7, 11) is 0. The van der Waals surface area contributed by atoms with Crippen molar-refractivity contribution >= 4 is 28.3 Å². The van der Waals surface area contributed by atoms with Crippen LogP contribution in [-0.4, -0.2) is 6.04 Å². The van der Waals surface area contributed by atoms with Crippen molar-refractivity contribution in [2.45, 2.75) is 45.1 Å². The van der Waals surface area contributed by atoms with Crippen molar-refractivity contribution in [2.24, 2.45) is 5.92 Å². The van der Waals surface area contributed by atoms with Gasteiger partial charge in [0.05, 0.1) is 0 Å². The van der Waals surface area contributed by atoms with E-state index in [1.807, 2.05) is 0 Å². The molecule has 88 valence electrons. The van der Waals surface area contributed by atoms with Gasteiger partial charge in [0.25, 0.3) is 0 Å². The molecule has 1 unspecified atom stereocenters. The molecule has 0 aromatic heterocycles. The first-order valence-electron chi connectivity index (χ1n) is 6.28. The lowest BCUT2D eigenvalue weighted by Crippen LogP contribution is -2.27. The van der Waals surface area contributed by atoms with Gasteiger partial charge in [-0.3, -0.25) is 0 Å². The monoisotopic (exact) mass is 329 g/mol. The second kappa shape index (κ2) is 5.89. The lowest BCUT2D eigenvalue weighted by Gasteiger charge is -2.29. The number of halogens is 1. The molecular weight excluding hydrogens is 309 g/mol. The summed E-state index contributed by atoms with van der Waals surface area (Å²) in [6.07, 6.45) is 7.08. The number of nitrogens with one attached hydrogen (secondary N) is 1. The van der Waals surface area contributed by atoms with Crippen molar-refractivity contribution in [3.8, 4) is 0 Å². The summed E-state index contributed by atoms with van der Waals surface area (Å²) in [6, 6.07) is 9.26. The van der Waals surface area contributed by atoms with E-state index in [1.165, 1.54) is 41.4 Å². The zero-order valence-corrected chi connectivity index (χ0v) is 12.0. The zero-order valence-electron chi connectivity index (χ0n) is 9.88. The Morgan fingerprint density at radius 1 is 1.25 bits per heavy atom. The Morgan fingerprint density at radius 2 is 2.00 bits per heavy atom. The van der Waals surface area contributed by atoms with Crippen LogP contribution in [-0.2, 0) is 0 Å². The van der Waals surface area contributed by atoms with Gasteiger partial charge in [-0.15, -0.1) is 0 Å². The summed E-state index contributed by atoms with van der Waals surface area (Å²) in [5.41, 5.74) is 1.27. The lowest BCUT2D eigenvalue weighted by atomic mass is 9.84. The van der Waals surface area contributed by atoms with Gasteiger partial charge in [0.1, 0.15) is 0 Å². The van der Waals surface area contributed by atoms with E-state index in [0.717, 1.165) is 5.92 Å². The minimum absolute atomic E-state index is 0.610. The van der Waals surface area contributed by atoms with Crippen molar-refractivity contribution in [3.05, 3.63) is 27.8 Å². The Balaban J connectivity index is 1.93. The van der Waals surface area contributed by atoms with Crippen LogP contribution in [0.1, 0.15) is 39.0 Å². The topological polar surface area (TPSA) is 12.0 Å². The van der Waals surface area contributed by atoms with Crippen LogP contribution in [0.3, 0.4) is 0 Å². The van der Waals surface area contributed by atoms with E-state index < -0.39 is 0 Å². The maximum Gasteiger partial charge on any atom is 0.0352 e. The molecular formula is C14H20IN. The zero-order chi connectivity index (χ0) is 11.4. The van der Waals surface area contributed by atoms with Gasteiger partial charge in [0.2, 0.25) is 0 Å². The molecule has 1 saturated carbocycles. The molecule has 1 atom stereocenters. The Morgan fingerprint density at radius 3 is 2.69 bits per heavy atom. The molecule has 1 aromatic rings. The van der Waals surface area contributed by atoms with Gasteiger partial charge in [-0.25, -0.2) is 0 Å². The van der Waals surface area contributed by atoms with Crippen molar-refractivity contribution in [3.63, 3.8) is 0 Å². The fraction of sp³-hybridized carbons (Fsp3) is 0.571. The summed E-state index contributed by atoms with van der Waals surface area (Å²) in [5, 5.41) is 3.65. The van der Waals surface area contributed by atoms with E-state index in [0.29, 0.717) is 6.04 Å². The molecule has 0 bridgehead atoms. The first-order chi connectivity index (χ1) is 7.75. The van der Waals surface area contributed by atoms with E-state index in [1.54, 1.807) is 0 Å². The normalized spacial score (nSPS) is 19.4. The molecule has 0 heterocycles. The third kappa shape index (κ3) is 3.37. The van der Waals surface area contributed by atoms with E-state index in [2.05, 4.69) is 59.1 Å². The van der Waals surface area contributed by atoms with Gasteiger partial charge in [-0.05, 0) is 66.5 Å². The minimum Gasteiger partial charge on any atom is -0.382 e. The highest BCUT2D eigenvalue weighted by Crippen LogP contribution is 2.28. The van der Waals surface area contributed by atoms with E-state index in [4.69, 9.17) is 0 Å². The maximum atomic E-state index is 3.65. The van der Waals surface area contributed by atoms with Crippen LogP contribution in [0.2, 0.25) is 0 Å². The molecule has 1 fully saturated rings. The lowest BCUT2D eigenvalue weighted by molar-refractivity contribution is 0.328. The van der Waals surface area contributed by atoms with Gasteiger partial charge in [0.15, 0.2) is 0 Å². The van der Waals surface area contributed by atoms with E-state index in [9.17, 15) is 0 Å². The van der Waals surface area contributed by atoms with E-state index >= 15 is 0 Å². The largest absolute Gasteiger partial charge is 0.382 e. The number of rotatable bonds is 3. The standard InChI is InChI=1S/C14H20IN/c1-11(12-6-3-2-4-7-12)16-14-9-5-8-13(15)10-14/h5,8-12,16H,2-4,6-7H2,1H3. The highest BCUT2D eigenvalue weighted by molar-refractivity contribution is 14.1. The average Bonchev–Trinajstić information content (AvgIpc) is 2.30. The predicted octanol–water partition coefficient (Wildman–Crippen LogP) is 4.67. The highest BCUT2D eigenvalue weighted by Gasteiger charge is 2.19. The Hall–Kier alpha value is -0.250. The molecule has 1 aliphatic carbocycles.